The number of hydrogen-bond acceptors (Lipinski definition) is 4. The summed E-state index contributed by atoms with van der Waals surface area (Å²) in [5.41, 5.74) is 8.16. The summed E-state index contributed by atoms with van der Waals surface area (Å²) < 4.78 is 0. The fourth-order valence-corrected chi connectivity index (χ4v) is 2.96. The van der Waals surface area contributed by atoms with Crippen LogP contribution in [0.15, 0.2) is 24.3 Å². The van der Waals surface area contributed by atoms with E-state index in [1.54, 1.807) is 11.3 Å². The quantitative estimate of drug-likeness (QED) is 0.930. The molecule has 3 nitrogen and oxygen atoms in total. The van der Waals surface area contributed by atoms with E-state index in [2.05, 4.69) is 55.2 Å². The summed E-state index contributed by atoms with van der Waals surface area (Å²) in [4.78, 5) is 0. The standard InChI is InChI=1S/C15H21N3S/c1-15(2,3)12-8-5-4-7-11(12)14-18-17-13(19-14)9-6-10-16/h4-5,7-8H,6,9-10,16H2,1-3H3. The van der Waals surface area contributed by atoms with Gasteiger partial charge < -0.3 is 5.73 Å². The van der Waals surface area contributed by atoms with E-state index in [0.717, 1.165) is 22.9 Å². The third kappa shape index (κ3) is 3.39. The van der Waals surface area contributed by atoms with Crippen LogP contribution in [0, 0.1) is 0 Å². The van der Waals surface area contributed by atoms with E-state index in [9.17, 15) is 0 Å². The molecule has 2 rings (SSSR count). The second kappa shape index (κ2) is 5.80. The largest absolute Gasteiger partial charge is 0.330 e. The number of hydrogen-bond donors (Lipinski definition) is 1. The Labute approximate surface area is 118 Å². The summed E-state index contributed by atoms with van der Waals surface area (Å²) in [5.74, 6) is 0. The number of benzene rings is 1. The van der Waals surface area contributed by atoms with Gasteiger partial charge in [-0.3, -0.25) is 0 Å². The summed E-state index contributed by atoms with van der Waals surface area (Å²) >= 11 is 1.68. The lowest BCUT2D eigenvalue weighted by atomic mass is 9.84. The van der Waals surface area contributed by atoms with Crippen LogP contribution in [0.3, 0.4) is 0 Å². The topological polar surface area (TPSA) is 51.8 Å². The first-order valence-corrected chi connectivity index (χ1v) is 7.46. The first-order valence-electron chi connectivity index (χ1n) is 6.64. The normalized spacial score (nSPS) is 11.8. The Hall–Kier alpha value is -1.26. The Balaban J connectivity index is 2.34. The van der Waals surface area contributed by atoms with Crippen molar-refractivity contribution in [3.63, 3.8) is 0 Å². The zero-order valence-corrected chi connectivity index (χ0v) is 12.6. The molecule has 0 unspecified atom stereocenters. The molecule has 2 aromatic rings. The van der Waals surface area contributed by atoms with Gasteiger partial charge in [-0.25, -0.2) is 0 Å². The zero-order valence-electron chi connectivity index (χ0n) is 11.8. The molecule has 0 fully saturated rings. The van der Waals surface area contributed by atoms with Gasteiger partial charge in [0.1, 0.15) is 10.0 Å². The van der Waals surface area contributed by atoms with Crippen LogP contribution in [0.1, 0.15) is 37.8 Å². The molecule has 0 radical (unpaired) electrons. The van der Waals surface area contributed by atoms with E-state index >= 15 is 0 Å². The number of nitrogens with zero attached hydrogens (tertiary/aromatic N) is 2. The summed E-state index contributed by atoms with van der Waals surface area (Å²) in [6.45, 7) is 7.38. The third-order valence-corrected chi connectivity index (χ3v) is 4.04. The van der Waals surface area contributed by atoms with Crippen molar-refractivity contribution >= 4 is 11.3 Å². The van der Waals surface area contributed by atoms with Gasteiger partial charge in [0.25, 0.3) is 0 Å². The molecule has 1 aromatic carbocycles. The molecule has 0 bridgehead atoms. The lowest BCUT2D eigenvalue weighted by molar-refractivity contribution is 0.592. The predicted octanol–water partition coefficient (Wildman–Crippen LogP) is 3.39. The van der Waals surface area contributed by atoms with Crippen molar-refractivity contribution in [2.75, 3.05) is 6.54 Å². The smallest absolute Gasteiger partial charge is 0.148 e. The van der Waals surface area contributed by atoms with Crippen molar-refractivity contribution in [1.29, 1.82) is 0 Å². The van der Waals surface area contributed by atoms with Crippen LogP contribution in [0.4, 0.5) is 0 Å². The maximum atomic E-state index is 5.53. The van der Waals surface area contributed by atoms with E-state index in [-0.39, 0.29) is 5.41 Å². The highest BCUT2D eigenvalue weighted by atomic mass is 32.1. The number of aryl methyl sites for hydroxylation is 1. The predicted molar refractivity (Wildman–Crippen MR) is 81.4 cm³/mol. The third-order valence-electron chi connectivity index (χ3n) is 3.03. The molecule has 0 aliphatic carbocycles. The second-order valence-corrected chi connectivity index (χ2v) is 6.75. The van der Waals surface area contributed by atoms with Gasteiger partial charge in [-0.2, -0.15) is 0 Å². The van der Waals surface area contributed by atoms with Crippen molar-refractivity contribution in [1.82, 2.24) is 10.2 Å². The van der Waals surface area contributed by atoms with Crippen LogP contribution in [-0.2, 0) is 11.8 Å². The maximum Gasteiger partial charge on any atom is 0.148 e. The molecule has 0 aliphatic rings. The van der Waals surface area contributed by atoms with E-state index < -0.39 is 0 Å². The second-order valence-electron chi connectivity index (χ2n) is 5.69. The fourth-order valence-electron chi connectivity index (χ4n) is 2.04. The summed E-state index contributed by atoms with van der Waals surface area (Å²) in [6, 6.07) is 8.45. The van der Waals surface area contributed by atoms with Crippen LogP contribution < -0.4 is 5.73 Å². The summed E-state index contributed by atoms with van der Waals surface area (Å²) in [5, 5.41) is 10.7. The van der Waals surface area contributed by atoms with Crippen molar-refractivity contribution in [2.45, 2.75) is 39.0 Å². The Morgan fingerprint density at radius 1 is 1.16 bits per heavy atom. The molecular weight excluding hydrogens is 254 g/mol. The highest BCUT2D eigenvalue weighted by Gasteiger charge is 2.20. The zero-order chi connectivity index (χ0) is 13.9. The maximum absolute atomic E-state index is 5.53. The molecule has 0 atom stereocenters. The molecule has 19 heavy (non-hydrogen) atoms. The molecule has 102 valence electrons. The van der Waals surface area contributed by atoms with Crippen LogP contribution in [0.5, 0.6) is 0 Å². The summed E-state index contributed by atoms with van der Waals surface area (Å²) in [7, 11) is 0. The monoisotopic (exact) mass is 275 g/mol. The number of aromatic nitrogens is 2. The van der Waals surface area contributed by atoms with Crippen LogP contribution in [-0.4, -0.2) is 16.7 Å². The Kier molecular flexibility index (Phi) is 4.32. The molecule has 2 N–H and O–H groups in total. The van der Waals surface area contributed by atoms with Gasteiger partial charge >= 0.3 is 0 Å². The minimum Gasteiger partial charge on any atom is -0.330 e. The highest BCUT2D eigenvalue weighted by molar-refractivity contribution is 7.14. The van der Waals surface area contributed by atoms with E-state index in [0.29, 0.717) is 6.54 Å². The van der Waals surface area contributed by atoms with E-state index in [4.69, 9.17) is 5.73 Å². The molecule has 0 aliphatic heterocycles. The first-order chi connectivity index (χ1) is 9.02. The Morgan fingerprint density at radius 3 is 2.58 bits per heavy atom. The SMILES string of the molecule is CC(C)(C)c1ccccc1-c1nnc(CCCN)s1. The Bertz CT molecular complexity index is 540. The van der Waals surface area contributed by atoms with Gasteiger partial charge in [0, 0.05) is 12.0 Å². The molecule has 0 saturated heterocycles. The Morgan fingerprint density at radius 2 is 1.89 bits per heavy atom. The summed E-state index contributed by atoms with van der Waals surface area (Å²) in [6.07, 6.45) is 1.89. The van der Waals surface area contributed by atoms with Gasteiger partial charge in [0.15, 0.2) is 0 Å². The van der Waals surface area contributed by atoms with Gasteiger partial charge in [0.05, 0.1) is 0 Å². The molecule has 0 amide bonds. The average molecular weight is 275 g/mol. The van der Waals surface area contributed by atoms with Crippen molar-refractivity contribution in [2.24, 2.45) is 5.73 Å². The van der Waals surface area contributed by atoms with Crippen molar-refractivity contribution in [3.05, 3.63) is 34.8 Å². The lowest BCUT2D eigenvalue weighted by Gasteiger charge is -2.21. The van der Waals surface area contributed by atoms with Gasteiger partial charge in [-0.05, 0) is 23.9 Å². The fraction of sp³-hybridized carbons (Fsp3) is 0.467. The minimum atomic E-state index is 0.111. The van der Waals surface area contributed by atoms with Crippen molar-refractivity contribution in [3.8, 4) is 10.6 Å². The van der Waals surface area contributed by atoms with E-state index in [1.807, 2.05) is 0 Å². The van der Waals surface area contributed by atoms with E-state index in [1.165, 1.54) is 11.1 Å². The van der Waals surface area contributed by atoms with Crippen molar-refractivity contribution < 1.29 is 0 Å². The molecule has 0 spiro atoms. The lowest BCUT2D eigenvalue weighted by Crippen LogP contribution is -2.12. The van der Waals surface area contributed by atoms with Gasteiger partial charge in [0.2, 0.25) is 0 Å². The highest BCUT2D eigenvalue weighted by Crippen LogP contribution is 2.34. The van der Waals surface area contributed by atoms with Crippen LogP contribution >= 0.6 is 11.3 Å². The number of rotatable bonds is 4. The first kappa shape index (κ1) is 14.2. The molecular formula is C15H21N3S. The van der Waals surface area contributed by atoms with Gasteiger partial charge in [-0.1, -0.05) is 56.4 Å². The molecule has 1 aromatic heterocycles. The average Bonchev–Trinajstić information content (AvgIpc) is 2.84. The number of nitrogens with two attached hydrogens (primary N) is 1. The molecule has 4 heteroatoms. The molecule has 0 saturated carbocycles. The van der Waals surface area contributed by atoms with Crippen LogP contribution in [0.25, 0.3) is 10.6 Å². The molecule has 1 heterocycles. The van der Waals surface area contributed by atoms with Gasteiger partial charge in [-0.15, -0.1) is 10.2 Å². The van der Waals surface area contributed by atoms with Crippen LogP contribution in [0.2, 0.25) is 0 Å². The minimum absolute atomic E-state index is 0.111.